The number of nitrogens with zero attached hydrogens (tertiary/aromatic N) is 1. The highest BCUT2D eigenvalue weighted by molar-refractivity contribution is 5.83. The number of carbonyl (C=O) groups excluding carboxylic acids is 1. The molecule has 0 N–H and O–H groups in total. The van der Waals surface area contributed by atoms with E-state index in [9.17, 15) is 18.0 Å². The maximum atomic E-state index is 13.0. The van der Waals surface area contributed by atoms with Crippen molar-refractivity contribution < 1.29 is 22.7 Å². The highest BCUT2D eigenvalue weighted by Crippen LogP contribution is 2.30. The molecular weight excluding hydrogens is 343 g/mol. The van der Waals surface area contributed by atoms with Gasteiger partial charge in [0.2, 0.25) is 0 Å². The van der Waals surface area contributed by atoms with Crippen LogP contribution in [0, 0.1) is 0 Å². The molecule has 6 heteroatoms. The van der Waals surface area contributed by atoms with Gasteiger partial charge in [-0.05, 0) is 23.1 Å². The van der Waals surface area contributed by atoms with E-state index >= 15 is 0 Å². The normalized spacial score (nSPS) is 16.8. The maximum absolute atomic E-state index is 13.0. The molecule has 26 heavy (non-hydrogen) atoms. The molecule has 2 aromatic carbocycles. The van der Waals surface area contributed by atoms with Crippen molar-refractivity contribution in [3.05, 3.63) is 71.3 Å². The van der Waals surface area contributed by atoms with Crippen molar-refractivity contribution in [1.29, 1.82) is 0 Å². The fourth-order valence-electron chi connectivity index (χ4n) is 3.10. The minimum atomic E-state index is -4.32. The monoisotopic (exact) mass is 363 g/mol. The highest BCUT2D eigenvalue weighted by Gasteiger charge is 2.34. The zero-order valence-electron chi connectivity index (χ0n) is 14.2. The SMILES string of the molecule is O=C(C1OCCc2ccccc21)N(CCC(F)(F)F)Cc1ccccc1. The van der Waals surface area contributed by atoms with Crippen molar-refractivity contribution in [3.63, 3.8) is 0 Å². The molecule has 138 valence electrons. The summed E-state index contributed by atoms with van der Waals surface area (Å²) in [7, 11) is 0. The van der Waals surface area contributed by atoms with E-state index in [1.165, 1.54) is 4.90 Å². The molecule has 0 aromatic heterocycles. The number of fused-ring (bicyclic) bond motifs is 1. The molecule has 0 saturated carbocycles. The fourth-order valence-corrected chi connectivity index (χ4v) is 3.10. The maximum Gasteiger partial charge on any atom is 0.390 e. The molecule has 1 unspecified atom stereocenters. The van der Waals surface area contributed by atoms with E-state index in [1.54, 1.807) is 24.3 Å². The number of hydrogen-bond donors (Lipinski definition) is 0. The first-order chi connectivity index (χ1) is 12.4. The summed E-state index contributed by atoms with van der Waals surface area (Å²) in [5.41, 5.74) is 2.54. The first kappa shape index (κ1) is 18.5. The first-order valence-electron chi connectivity index (χ1n) is 8.53. The van der Waals surface area contributed by atoms with Crippen LogP contribution < -0.4 is 0 Å². The van der Waals surface area contributed by atoms with Crippen LogP contribution in [0.4, 0.5) is 13.2 Å². The van der Waals surface area contributed by atoms with Gasteiger partial charge in [-0.2, -0.15) is 13.2 Å². The molecule has 0 spiro atoms. The van der Waals surface area contributed by atoms with Crippen LogP contribution in [-0.2, 0) is 22.5 Å². The van der Waals surface area contributed by atoms with Crippen LogP contribution in [0.2, 0.25) is 0 Å². The quantitative estimate of drug-likeness (QED) is 0.794. The van der Waals surface area contributed by atoms with Gasteiger partial charge in [0.25, 0.3) is 5.91 Å². The van der Waals surface area contributed by atoms with Gasteiger partial charge >= 0.3 is 6.18 Å². The average Bonchev–Trinajstić information content (AvgIpc) is 2.64. The molecule has 1 aliphatic rings. The van der Waals surface area contributed by atoms with Crippen molar-refractivity contribution in [3.8, 4) is 0 Å². The first-order valence-corrected chi connectivity index (χ1v) is 8.53. The molecule has 1 atom stereocenters. The number of amides is 1. The Kier molecular flexibility index (Phi) is 5.61. The Morgan fingerprint density at radius 3 is 2.50 bits per heavy atom. The molecule has 3 nitrogen and oxygen atoms in total. The van der Waals surface area contributed by atoms with E-state index in [0.717, 1.165) is 16.7 Å². The van der Waals surface area contributed by atoms with E-state index in [1.807, 2.05) is 30.3 Å². The predicted octanol–water partition coefficient (Wildman–Crippen LogP) is 4.28. The van der Waals surface area contributed by atoms with Crippen molar-refractivity contribution in [2.45, 2.75) is 31.7 Å². The third kappa shape index (κ3) is 4.64. The van der Waals surface area contributed by atoms with Gasteiger partial charge < -0.3 is 9.64 Å². The van der Waals surface area contributed by atoms with Gasteiger partial charge in [0.1, 0.15) is 0 Å². The zero-order chi connectivity index (χ0) is 18.6. The summed E-state index contributed by atoms with van der Waals surface area (Å²) in [4.78, 5) is 14.3. The van der Waals surface area contributed by atoms with Crippen molar-refractivity contribution in [2.24, 2.45) is 0 Å². The molecule has 0 fully saturated rings. The van der Waals surface area contributed by atoms with Crippen molar-refractivity contribution in [1.82, 2.24) is 4.90 Å². The summed E-state index contributed by atoms with van der Waals surface area (Å²) in [5.74, 6) is -0.426. The Hall–Kier alpha value is -2.34. The average molecular weight is 363 g/mol. The van der Waals surface area contributed by atoms with Crippen LogP contribution in [0.1, 0.15) is 29.2 Å². The Labute approximate surface area is 150 Å². The van der Waals surface area contributed by atoms with Gasteiger partial charge in [0.05, 0.1) is 13.0 Å². The summed E-state index contributed by atoms with van der Waals surface area (Å²) in [6.07, 6.45) is -5.52. The lowest BCUT2D eigenvalue weighted by atomic mass is 9.96. The number of alkyl halides is 3. The number of ether oxygens (including phenoxy) is 1. The van der Waals surface area contributed by atoms with Gasteiger partial charge in [0.15, 0.2) is 6.10 Å². The standard InChI is InChI=1S/C20H20F3NO2/c21-20(22,23)11-12-24(14-15-6-2-1-3-7-15)19(25)18-17-9-5-4-8-16(17)10-13-26-18/h1-9,18H,10-14H2. The Morgan fingerprint density at radius 2 is 1.77 bits per heavy atom. The number of carbonyl (C=O) groups is 1. The summed E-state index contributed by atoms with van der Waals surface area (Å²) in [6, 6.07) is 16.4. The molecule has 0 aliphatic carbocycles. The Morgan fingerprint density at radius 1 is 1.08 bits per heavy atom. The molecule has 0 bridgehead atoms. The molecule has 1 heterocycles. The molecule has 0 radical (unpaired) electrons. The molecule has 2 aromatic rings. The summed E-state index contributed by atoms with van der Waals surface area (Å²) in [6.45, 7) is 0.114. The van der Waals surface area contributed by atoms with Crippen LogP contribution in [0.3, 0.4) is 0 Å². The number of rotatable bonds is 5. The molecule has 3 rings (SSSR count). The van der Waals surface area contributed by atoms with Crippen LogP contribution in [0.25, 0.3) is 0 Å². The topological polar surface area (TPSA) is 29.5 Å². The lowest BCUT2D eigenvalue weighted by Crippen LogP contribution is -2.39. The third-order valence-corrected chi connectivity index (χ3v) is 4.41. The van der Waals surface area contributed by atoms with Gasteiger partial charge in [-0.3, -0.25) is 4.79 Å². The van der Waals surface area contributed by atoms with Crippen molar-refractivity contribution in [2.75, 3.05) is 13.2 Å². The second-order valence-electron chi connectivity index (χ2n) is 6.31. The second-order valence-corrected chi connectivity index (χ2v) is 6.31. The summed E-state index contributed by atoms with van der Waals surface area (Å²) in [5, 5.41) is 0. The highest BCUT2D eigenvalue weighted by atomic mass is 19.4. The zero-order valence-corrected chi connectivity index (χ0v) is 14.2. The Bertz CT molecular complexity index is 746. The van der Waals surface area contributed by atoms with Gasteiger partial charge in [0, 0.05) is 13.1 Å². The number of benzene rings is 2. The van der Waals surface area contributed by atoms with E-state index in [4.69, 9.17) is 4.74 Å². The van der Waals surface area contributed by atoms with Gasteiger partial charge in [-0.25, -0.2) is 0 Å². The third-order valence-electron chi connectivity index (χ3n) is 4.41. The van der Waals surface area contributed by atoms with Crippen LogP contribution >= 0.6 is 0 Å². The molecule has 1 amide bonds. The number of hydrogen-bond acceptors (Lipinski definition) is 2. The van der Waals surface area contributed by atoms with E-state index < -0.39 is 24.6 Å². The largest absolute Gasteiger partial charge is 0.390 e. The van der Waals surface area contributed by atoms with E-state index in [-0.39, 0.29) is 13.1 Å². The Balaban J connectivity index is 1.82. The smallest absolute Gasteiger partial charge is 0.363 e. The van der Waals surface area contributed by atoms with Crippen LogP contribution in [-0.4, -0.2) is 30.1 Å². The lowest BCUT2D eigenvalue weighted by Gasteiger charge is -2.31. The summed E-state index contributed by atoms with van der Waals surface area (Å²) >= 11 is 0. The minimum absolute atomic E-state index is 0.123. The molecule has 1 aliphatic heterocycles. The van der Waals surface area contributed by atoms with Gasteiger partial charge in [-0.15, -0.1) is 0 Å². The second kappa shape index (κ2) is 7.91. The molecular formula is C20H20F3NO2. The van der Waals surface area contributed by atoms with Crippen LogP contribution in [0.5, 0.6) is 0 Å². The van der Waals surface area contributed by atoms with Gasteiger partial charge in [-0.1, -0.05) is 54.6 Å². The van der Waals surface area contributed by atoms with E-state index in [2.05, 4.69) is 0 Å². The summed E-state index contributed by atoms with van der Waals surface area (Å²) < 4.78 is 43.8. The van der Waals surface area contributed by atoms with E-state index in [0.29, 0.717) is 13.0 Å². The van der Waals surface area contributed by atoms with Crippen molar-refractivity contribution >= 4 is 5.91 Å². The lowest BCUT2D eigenvalue weighted by molar-refractivity contribution is -0.154. The fraction of sp³-hybridized carbons (Fsp3) is 0.350. The predicted molar refractivity (Wildman–Crippen MR) is 91.4 cm³/mol. The van der Waals surface area contributed by atoms with Crippen LogP contribution in [0.15, 0.2) is 54.6 Å². The minimum Gasteiger partial charge on any atom is -0.363 e. The molecule has 0 saturated heterocycles. The number of halogens is 3.